The third-order valence-corrected chi connectivity index (χ3v) is 7.33. The Kier molecular flexibility index (Phi) is 5.81. The second kappa shape index (κ2) is 7.79. The van der Waals surface area contributed by atoms with E-state index >= 15 is 0 Å². The van der Waals surface area contributed by atoms with Crippen LogP contribution in [-0.2, 0) is 10.0 Å². The van der Waals surface area contributed by atoms with Crippen LogP contribution in [0.15, 0.2) is 23.4 Å². The van der Waals surface area contributed by atoms with Crippen molar-refractivity contribution in [2.75, 3.05) is 38.2 Å². The molecule has 7 nitrogen and oxygen atoms in total. The fourth-order valence-corrected chi connectivity index (χ4v) is 5.23. The molecular weight excluding hydrogens is 411 g/mol. The number of benzene rings is 1. The highest BCUT2D eigenvalue weighted by molar-refractivity contribution is 7.89. The van der Waals surface area contributed by atoms with Crippen LogP contribution in [0.5, 0.6) is 5.75 Å². The van der Waals surface area contributed by atoms with E-state index in [9.17, 15) is 8.42 Å². The highest BCUT2D eigenvalue weighted by atomic mass is 35.5. The lowest BCUT2D eigenvalue weighted by molar-refractivity contribution is 0.383. The number of piperazine rings is 1. The zero-order valence-electron chi connectivity index (χ0n) is 15.2. The van der Waals surface area contributed by atoms with Gasteiger partial charge in [-0.25, -0.2) is 18.4 Å². The molecule has 0 amide bonds. The molecule has 1 aliphatic heterocycles. The molecule has 2 aromatic rings. The molecule has 1 aliphatic rings. The Balaban J connectivity index is 1.81. The number of anilines is 1. The van der Waals surface area contributed by atoms with Crippen LogP contribution in [0.1, 0.15) is 11.3 Å². The van der Waals surface area contributed by atoms with Crippen molar-refractivity contribution in [1.82, 2.24) is 14.3 Å². The first-order valence-electron chi connectivity index (χ1n) is 8.32. The fraction of sp³-hybridized carbons (Fsp3) is 0.412. The molecule has 0 atom stereocenters. The van der Waals surface area contributed by atoms with Crippen molar-refractivity contribution in [2.45, 2.75) is 18.7 Å². The minimum Gasteiger partial charge on any atom is -0.495 e. The predicted octanol–water partition coefficient (Wildman–Crippen LogP) is 2.92. The largest absolute Gasteiger partial charge is 0.495 e. The average molecular weight is 431 g/mol. The van der Waals surface area contributed by atoms with Gasteiger partial charge in [-0.15, -0.1) is 0 Å². The minimum absolute atomic E-state index is 0.0162. The predicted molar refractivity (Wildman–Crippen MR) is 105 cm³/mol. The number of methoxy groups -OCH3 is 1. The number of nitrogens with zero attached hydrogens (tertiary/aromatic N) is 4. The SMILES string of the molecule is COc1cc(Cl)c(S(=O)(=O)N2CCN(c3ncnc(C)c3C)CC2)cc1Cl. The highest BCUT2D eigenvalue weighted by Crippen LogP contribution is 2.35. The molecule has 0 saturated carbocycles. The maximum absolute atomic E-state index is 13.0. The van der Waals surface area contributed by atoms with E-state index in [0.29, 0.717) is 31.9 Å². The van der Waals surface area contributed by atoms with Gasteiger partial charge in [0.25, 0.3) is 0 Å². The van der Waals surface area contributed by atoms with Gasteiger partial charge < -0.3 is 9.64 Å². The standard InChI is InChI=1S/C17H20Cl2N4O3S/c1-11-12(2)20-10-21-17(11)22-4-6-23(7-5-22)27(24,25)16-9-13(18)15(26-3)8-14(16)19/h8-10H,4-7H2,1-3H3. The van der Waals surface area contributed by atoms with Crippen molar-refractivity contribution in [1.29, 1.82) is 0 Å². The summed E-state index contributed by atoms with van der Waals surface area (Å²) in [7, 11) is -2.32. The van der Waals surface area contributed by atoms with Crippen LogP contribution in [0.2, 0.25) is 10.0 Å². The van der Waals surface area contributed by atoms with Gasteiger partial charge in [0.1, 0.15) is 22.8 Å². The van der Waals surface area contributed by atoms with Crippen molar-refractivity contribution in [3.05, 3.63) is 39.8 Å². The molecule has 0 spiro atoms. The number of rotatable bonds is 4. The fourth-order valence-electron chi connectivity index (χ4n) is 2.99. The molecule has 27 heavy (non-hydrogen) atoms. The number of halogens is 2. The number of aryl methyl sites for hydroxylation is 1. The summed E-state index contributed by atoms with van der Waals surface area (Å²) in [6.07, 6.45) is 1.53. The van der Waals surface area contributed by atoms with Gasteiger partial charge in [0.15, 0.2) is 0 Å². The quantitative estimate of drug-likeness (QED) is 0.741. The lowest BCUT2D eigenvalue weighted by atomic mass is 10.2. The van der Waals surface area contributed by atoms with E-state index < -0.39 is 10.0 Å². The van der Waals surface area contributed by atoms with Gasteiger partial charge >= 0.3 is 0 Å². The summed E-state index contributed by atoms with van der Waals surface area (Å²) in [5.41, 5.74) is 1.91. The molecule has 1 saturated heterocycles. The van der Waals surface area contributed by atoms with Gasteiger partial charge in [-0.2, -0.15) is 4.31 Å². The van der Waals surface area contributed by atoms with Crippen molar-refractivity contribution in [3.63, 3.8) is 0 Å². The topological polar surface area (TPSA) is 75.6 Å². The third-order valence-electron chi connectivity index (χ3n) is 4.67. The molecule has 0 unspecified atom stereocenters. The summed E-state index contributed by atoms with van der Waals surface area (Å²) in [5, 5.41) is 0.284. The minimum atomic E-state index is -3.76. The molecule has 1 aromatic heterocycles. The monoisotopic (exact) mass is 430 g/mol. The zero-order valence-corrected chi connectivity index (χ0v) is 17.6. The number of ether oxygens (including phenoxy) is 1. The maximum atomic E-state index is 13.0. The van der Waals surface area contributed by atoms with Gasteiger partial charge in [-0.3, -0.25) is 0 Å². The Hall–Kier alpha value is -1.61. The van der Waals surface area contributed by atoms with Crippen LogP contribution in [0.3, 0.4) is 0 Å². The Morgan fingerprint density at radius 3 is 2.33 bits per heavy atom. The summed E-state index contributed by atoms with van der Waals surface area (Å²) in [6.45, 7) is 5.59. The molecule has 0 N–H and O–H groups in total. The van der Waals surface area contributed by atoms with Gasteiger partial charge in [0.2, 0.25) is 10.0 Å². The van der Waals surface area contributed by atoms with Gasteiger partial charge in [0.05, 0.1) is 17.2 Å². The molecule has 0 bridgehead atoms. The Morgan fingerprint density at radius 1 is 1.04 bits per heavy atom. The maximum Gasteiger partial charge on any atom is 0.244 e. The van der Waals surface area contributed by atoms with Crippen molar-refractivity contribution >= 4 is 39.0 Å². The van der Waals surface area contributed by atoms with Crippen molar-refractivity contribution in [3.8, 4) is 5.75 Å². The molecule has 0 radical (unpaired) electrons. The summed E-state index contributed by atoms with van der Waals surface area (Å²) in [5.74, 6) is 1.17. The number of sulfonamides is 1. The smallest absolute Gasteiger partial charge is 0.244 e. The Labute approximate surface area is 168 Å². The van der Waals surface area contributed by atoms with Gasteiger partial charge in [-0.05, 0) is 19.9 Å². The molecule has 146 valence electrons. The van der Waals surface area contributed by atoms with Crippen molar-refractivity contribution < 1.29 is 13.2 Å². The second-order valence-electron chi connectivity index (χ2n) is 6.22. The van der Waals surface area contributed by atoms with E-state index in [-0.39, 0.29) is 14.9 Å². The normalized spacial score (nSPS) is 15.8. The van der Waals surface area contributed by atoms with Crippen LogP contribution < -0.4 is 9.64 Å². The first-order valence-corrected chi connectivity index (χ1v) is 10.5. The summed E-state index contributed by atoms with van der Waals surface area (Å²) in [6, 6.07) is 2.75. The summed E-state index contributed by atoms with van der Waals surface area (Å²) >= 11 is 12.3. The molecular formula is C17H20Cl2N4O3S. The molecule has 1 fully saturated rings. The second-order valence-corrected chi connectivity index (χ2v) is 8.94. The first-order chi connectivity index (χ1) is 12.8. The molecule has 10 heteroatoms. The Bertz CT molecular complexity index is 961. The van der Waals surface area contributed by atoms with Crippen LogP contribution in [0, 0.1) is 13.8 Å². The van der Waals surface area contributed by atoms with Crippen LogP contribution >= 0.6 is 23.2 Å². The van der Waals surface area contributed by atoms with E-state index in [1.54, 1.807) is 0 Å². The molecule has 1 aromatic carbocycles. The lowest BCUT2D eigenvalue weighted by Crippen LogP contribution is -2.49. The van der Waals surface area contributed by atoms with E-state index in [2.05, 4.69) is 14.9 Å². The van der Waals surface area contributed by atoms with Gasteiger partial charge in [0, 0.05) is 43.5 Å². The summed E-state index contributed by atoms with van der Waals surface area (Å²) < 4.78 is 32.5. The summed E-state index contributed by atoms with van der Waals surface area (Å²) in [4.78, 5) is 10.6. The van der Waals surface area contributed by atoms with Crippen molar-refractivity contribution in [2.24, 2.45) is 0 Å². The lowest BCUT2D eigenvalue weighted by Gasteiger charge is -2.35. The Morgan fingerprint density at radius 2 is 1.70 bits per heavy atom. The van der Waals surface area contributed by atoms with E-state index in [0.717, 1.165) is 17.1 Å². The van der Waals surface area contributed by atoms with E-state index in [4.69, 9.17) is 27.9 Å². The van der Waals surface area contributed by atoms with Crippen LogP contribution in [0.25, 0.3) is 0 Å². The van der Waals surface area contributed by atoms with E-state index in [1.807, 2.05) is 13.8 Å². The highest BCUT2D eigenvalue weighted by Gasteiger charge is 2.31. The number of hydrogen-bond donors (Lipinski definition) is 0. The average Bonchev–Trinajstić information content (AvgIpc) is 2.65. The molecule has 0 aliphatic carbocycles. The van der Waals surface area contributed by atoms with Crippen LogP contribution in [0.4, 0.5) is 5.82 Å². The molecule has 2 heterocycles. The first kappa shape index (κ1) is 20.1. The third kappa shape index (κ3) is 3.85. The van der Waals surface area contributed by atoms with E-state index in [1.165, 1.54) is 29.9 Å². The van der Waals surface area contributed by atoms with Gasteiger partial charge in [-0.1, -0.05) is 23.2 Å². The molecule has 3 rings (SSSR count). The number of hydrogen-bond acceptors (Lipinski definition) is 6. The van der Waals surface area contributed by atoms with Crippen LogP contribution in [-0.4, -0.2) is 56.0 Å². The zero-order chi connectivity index (χ0) is 19.8. The number of aromatic nitrogens is 2.